The van der Waals surface area contributed by atoms with Crippen LogP contribution >= 0.6 is 11.6 Å². The predicted molar refractivity (Wildman–Crippen MR) is 90.4 cm³/mol. The molecule has 1 aliphatic rings. The van der Waals surface area contributed by atoms with Crippen molar-refractivity contribution < 1.29 is 4.79 Å². The van der Waals surface area contributed by atoms with Crippen LogP contribution in [0.4, 0.5) is 5.69 Å². The number of carbonyl (C=O) groups excluding carboxylic acids is 1. The maximum Gasteiger partial charge on any atom is 0.285 e. The Morgan fingerprint density at radius 1 is 1.17 bits per heavy atom. The normalized spacial score (nSPS) is 13.1. The van der Waals surface area contributed by atoms with Crippen LogP contribution in [0.3, 0.4) is 0 Å². The van der Waals surface area contributed by atoms with E-state index in [1.807, 2.05) is 39.8 Å². The van der Waals surface area contributed by atoms with Crippen molar-refractivity contribution in [3.05, 3.63) is 81.0 Å². The Morgan fingerprint density at radius 3 is 2.75 bits per heavy atom. The van der Waals surface area contributed by atoms with E-state index in [1.54, 1.807) is 12.1 Å². The second kappa shape index (κ2) is 5.65. The number of anilines is 1. The van der Waals surface area contributed by atoms with Gasteiger partial charge in [-0.2, -0.15) is 5.10 Å². The van der Waals surface area contributed by atoms with Gasteiger partial charge in [-0.15, -0.1) is 0 Å². The van der Waals surface area contributed by atoms with Crippen LogP contribution in [0.15, 0.2) is 53.5 Å². The Hall–Kier alpha value is -2.86. The van der Waals surface area contributed by atoms with Crippen LogP contribution in [0.1, 0.15) is 21.7 Å². The predicted octanol–water partition coefficient (Wildman–Crippen LogP) is 2.43. The molecule has 0 amide bonds. The molecule has 2 aromatic heterocycles. The number of carbonyl (C=O) groups is 1. The number of ketones is 1. The molecule has 0 unspecified atom stereocenters. The first-order valence-electron chi connectivity index (χ1n) is 7.41. The Bertz CT molecular complexity index is 978. The first kappa shape index (κ1) is 14.7. The Labute approximate surface area is 142 Å². The minimum Gasteiger partial charge on any atom is -0.345 e. The van der Waals surface area contributed by atoms with Gasteiger partial charge in [-0.3, -0.25) is 9.59 Å². The number of benzene rings is 1. The van der Waals surface area contributed by atoms with E-state index in [1.165, 1.54) is 6.20 Å². The van der Waals surface area contributed by atoms with E-state index >= 15 is 0 Å². The number of nitrogens with one attached hydrogen (secondary N) is 1. The summed E-state index contributed by atoms with van der Waals surface area (Å²) >= 11 is 6.08. The number of H-pyrrole nitrogens is 1. The first-order valence-corrected chi connectivity index (χ1v) is 7.79. The third-order valence-electron chi connectivity index (χ3n) is 4.12. The minimum atomic E-state index is -0.425. The molecule has 3 heterocycles. The quantitative estimate of drug-likeness (QED) is 0.743. The maximum atomic E-state index is 12.7. The minimum absolute atomic E-state index is 0.0289. The molecule has 0 saturated heterocycles. The largest absolute Gasteiger partial charge is 0.345 e. The molecule has 0 bridgehead atoms. The van der Waals surface area contributed by atoms with E-state index in [-0.39, 0.29) is 10.8 Å². The van der Waals surface area contributed by atoms with Gasteiger partial charge in [0.2, 0.25) is 5.78 Å². The van der Waals surface area contributed by atoms with Gasteiger partial charge in [0.25, 0.3) is 5.56 Å². The summed E-state index contributed by atoms with van der Waals surface area (Å²) in [4.78, 5) is 26.2. The van der Waals surface area contributed by atoms with E-state index in [4.69, 9.17) is 11.6 Å². The van der Waals surface area contributed by atoms with Crippen LogP contribution in [-0.4, -0.2) is 20.5 Å². The summed E-state index contributed by atoms with van der Waals surface area (Å²) in [7, 11) is 0. The molecule has 0 atom stereocenters. The molecular weight excluding hydrogens is 328 g/mol. The zero-order valence-electron chi connectivity index (χ0n) is 12.6. The van der Waals surface area contributed by atoms with E-state index in [9.17, 15) is 9.59 Å². The standard InChI is InChI=1S/C17H13ClN4O2/c18-15-14(8-19-20-17(15)24)21-9-12-6-7-13(22(12)10-21)16(23)11-4-2-1-3-5-11/h1-8H,9-10H2,(H,20,24). The van der Waals surface area contributed by atoms with E-state index in [2.05, 4.69) is 10.2 Å². The maximum absolute atomic E-state index is 12.7. The van der Waals surface area contributed by atoms with Crippen molar-refractivity contribution in [2.75, 3.05) is 4.90 Å². The average molecular weight is 341 g/mol. The number of halogens is 1. The van der Waals surface area contributed by atoms with Crippen LogP contribution in [0.5, 0.6) is 0 Å². The van der Waals surface area contributed by atoms with E-state index in [0.717, 1.165) is 5.69 Å². The fraction of sp³-hybridized carbons (Fsp3) is 0.118. The zero-order chi connectivity index (χ0) is 16.7. The highest BCUT2D eigenvalue weighted by molar-refractivity contribution is 6.33. The van der Waals surface area contributed by atoms with E-state index < -0.39 is 5.56 Å². The highest BCUT2D eigenvalue weighted by Gasteiger charge is 2.26. The molecular formula is C17H13ClN4O2. The van der Waals surface area contributed by atoms with Gasteiger partial charge < -0.3 is 9.47 Å². The fourth-order valence-corrected chi connectivity index (χ4v) is 3.13. The molecule has 1 aromatic carbocycles. The summed E-state index contributed by atoms with van der Waals surface area (Å²) in [5, 5.41) is 6.21. The third-order valence-corrected chi connectivity index (χ3v) is 4.49. The van der Waals surface area contributed by atoms with Gasteiger partial charge in [-0.05, 0) is 12.1 Å². The summed E-state index contributed by atoms with van der Waals surface area (Å²) < 4.78 is 1.94. The van der Waals surface area contributed by atoms with Crippen LogP contribution in [0.2, 0.25) is 5.02 Å². The molecule has 1 N–H and O–H groups in total. The van der Waals surface area contributed by atoms with Gasteiger partial charge in [0.1, 0.15) is 5.02 Å². The van der Waals surface area contributed by atoms with Crippen molar-refractivity contribution in [3.8, 4) is 0 Å². The molecule has 0 radical (unpaired) electrons. The number of aromatic nitrogens is 3. The second-order valence-corrected chi connectivity index (χ2v) is 5.95. The average Bonchev–Trinajstić information content (AvgIpc) is 3.18. The molecule has 24 heavy (non-hydrogen) atoms. The summed E-state index contributed by atoms with van der Waals surface area (Å²) in [6, 6.07) is 12.9. The van der Waals surface area contributed by atoms with Gasteiger partial charge in [0.05, 0.1) is 30.8 Å². The van der Waals surface area contributed by atoms with Crippen LogP contribution < -0.4 is 10.5 Å². The highest BCUT2D eigenvalue weighted by Crippen LogP contribution is 2.29. The lowest BCUT2D eigenvalue weighted by Crippen LogP contribution is -2.22. The third kappa shape index (κ3) is 2.32. The lowest BCUT2D eigenvalue weighted by atomic mass is 10.1. The zero-order valence-corrected chi connectivity index (χ0v) is 13.3. The molecule has 120 valence electrons. The van der Waals surface area contributed by atoms with Crippen molar-refractivity contribution in [1.29, 1.82) is 0 Å². The second-order valence-electron chi connectivity index (χ2n) is 5.57. The number of hydrogen-bond donors (Lipinski definition) is 1. The van der Waals surface area contributed by atoms with Gasteiger partial charge >= 0.3 is 0 Å². The van der Waals surface area contributed by atoms with Gasteiger partial charge in [-0.25, -0.2) is 5.10 Å². The van der Waals surface area contributed by atoms with Crippen molar-refractivity contribution in [2.45, 2.75) is 13.2 Å². The Morgan fingerprint density at radius 2 is 1.96 bits per heavy atom. The Kier molecular flexibility index (Phi) is 3.46. The lowest BCUT2D eigenvalue weighted by Gasteiger charge is -2.18. The summed E-state index contributed by atoms with van der Waals surface area (Å²) in [6.45, 7) is 1.01. The molecule has 1 aliphatic heterocycles. The van der Waals surface area contributed by atoms with Crippen LogP contribution in [0.25, 0.3) is 0 Å². The van der Waals surface area contributed by atoms with Crippen molar-refractivity contribution in [2.24, 2.45) is 0 Å². The molecule has 7 heteroatoms. The monoisotopic (exact) mass is 340 g/mol. The Balaban J connectivity index is 1.67. The molecule has 0 spiro atoms. The molecule has 0 aliphatic carbocycles. The summed E-state index contributed by atoms with van der Waals surface area (Å²) in [6.07, 6.45) is 1.52. The number of fused-ring (bicyclic) bond motifs is 1. The smallest absolute Gasteiger partial charge is 0.285 e. The van der Waals surface area contributed by atoms with Crippen molar-refractivity contribution in [3.63, 3.8) is 0 Å². The van der Waals surface area contributed by atoms with Gasteiger partial charge in [-0.1, -0.05) is 41.9 Å². The van der Waals surface area contributed by atoms with Crippen LogP contribution in [0, 0.1) is 0 Å². The van der Waals surface area contributed by atoms with E-state index in [0.29, 0.717) is 30.2 Å². The van der Waals surface area contributed by atoms with Crippen molar-refractivity contribution >= 4 is 23.1 Å². The molecule has 4 rings (SSSR count). The number of rotatable bonds is 3. The summed E-state index contributed by atoms with van der Waals surface area (Å²) in [5.41, 5.74) is 2.39. The topological polar surface area (TPSA) is 71.0 Å². The number of aromatic amines is 1. The highest BCUT2D eigenvalue weighted by atomic mass is 35.5. The fourth-order valence-electron chi connectivity index (χ4n) is 2.92. The SMILES string of the molecule is O=C(c1ccccc1)c1ccc2n1CN(c1cn[nH]c(=O)c1Cl)C2. The van der Waals surface area contributed by atoms with Crippen LogP contribution in [-0.2, 0) is 13.2 Å². The summed E-state index contributed by atoms with van der Waals surface area (Å²) in [5.74, 6) is -0.0289. The first-order chi connectivity index (χ1) is 11.6. The lowest BCUT2D eigenvalue weighted by molar-refractivity contribution is 0.103. The van der Waals surface area contributed by atoms with Crippen molar-refractivity contribution in [1.82, 2.24) is 14.8 Å². The number of nitrogens with zero attached hydrogens (tertiary/aromatic N) is 3. The number of hydrogen-bond acceptors (Lipinski definition) is 4. The van der Waals surface area contributed by atoms with Gasteiger partial charge in [0.15, 0.2) is 0 Å². The molecule has 0 saturated carbocycles. The molecule has 3 aromatic rings. The molecule has 6 nitrogen and oxygen atoms in total. The molecule has 0 fully saturated rings. The van der Waals surface area contributed by atoms with Gasteiger partial charge in [0, 0.05) is 11.3 Å².